The zero-order valence-corrected chi connectivity index (χ0v) is 15.8. The van der Waals surface area contributed by atoms with Crippen LogP contribution in [0.3, 0.4) is 0 Å². The van der Waals surface area contributed by atoms with Crippen LogP contribution in [-0.2, 0) is 22.4 Å². The lowest BCUT2D eigenvalue weighted by molar-refractivity contribution is -0.119. The van der Waals surface area contributed by atoms with Crippen molar-refractivity contribution in [1.29, 1.82) is 0 Å². The first-order valence-corrected chi connectivity index (χ1v) is 10.5. The lowest BCUT2D eigenvalue weighted by Gasteiger charge is -2.15. The lowest BCUT2D eigenvalue weighted by atomic mass is 10.0. The van der Waals surface area contributed by atoms with E-state index >= 15 is 0 Å². The summed E-state index contributed by atoms with van der Waals surface area (Å²) in [5, 5.41) is 3.92. The number of carbonyl (C=O) groups excluding carboxylic acids is 1. The van der Waals surface area contributed by atoms with Gasteiger partial charge in [-0.2, -0.15) is 0 Å². The third kappa shape index (κ3) is 3.96. The topological polar surface area (TPSA) is 56.2 Å². The summed E-state index contributed by atoms with van der Waals surface area (Å²) in [4.78, 5) is 17.1. The number of rotatable bonds is 6. The molecule has 1 aromatic carbocycles. The Kier molecular flexibility index (Phi) is 5.60. The molecule has 0 spiro atoms. The summed E-state index contributed by atoms with van der Waals surface area (Å²) in [6.07, 6.45) is 6.82. The Hall–Kier alpha value is -1.79. The quantitative estimate of drug-likeness (QED) is 0.793. The number of nitrogens with zero attached hydrogens (tertiary/aromatic N) is 2. The Balaban J connectivity index is 1.45. The van der Waals surface area contributed by atoms with Gasteiger partial charge in [0.15, 0.2) is 5.16 Å². The average molecular weight is 372 g/mol. The van der Waals surface area contributed by atoms with Gasteiger partial charge in [-0.1, -0.05) is 30.0 Å². The van der Waals surface area contributed by atoms with E-state index < -0.39 is 0 Å². The van der Waals surface area contributed by atoms with E-state index in [4.69, 9.17) is 9.72 Å². The monoisotopic (exact) mass is 371 g/mol. The molecule has 0 unspecified atom stereocenters. The maximum absolute atomic E-state index is 12.2. The van der Waals surface area contributed by atoms with Gasteiger partial charge >= 0.3 is 0 Å². The molecule has 4 rings (SSSR count). The number of aryl methyl sites for hydroxylation is 1. The second kappa shape index (κ2) is 8.27. The van der Waals surface area contributed by atoms with E-state index in [0.717, 1.165) is 43.1 Å². The van der Waals surface area contributed by atoms with E-state index in [0.29, 0.717) is 12.3 Å². The molecule has 1 atom stereocenters. The number of amides is 1. The Labute approximate surface area is 158 Å². The number of hydrogen-bond donors (Lipinski definition) is 1. The molecule has 0 saturated carbocycles. The summed E-state index contributed by atoms with van der Waals surface area (Å²) in [5.74, 6) is 0.432. The van der Waals surface area contributed by atoms with Gasteiger partial charge in [0, 0.05) is 24.5 Å². The summed E-state index contributed by atoms with van der Waals surface area (Å²) >= 11 is 1.52. The van der Waals surface area contributed by atoms with Crippen LogP contribution in [0.1, 0.15) is 37.1 Å². The molecule has 26 heavy (non-hydrogen) atoms. The first-order valence-electron chi connectivity index (χ1n) is 9.48. The molecule has 1 fully saturated rings. The number of carbonyl (C=O) groups is 1. The van der Waals surface area contributed by atoms with E-state index in [1.54, 1.807) is 0 Å². The number of imidazole rings is 1. The van der Waals surface area contributed by atoms with E-state index in [1.165, 1.54) is 36.0 Å². The zero-order valence-electron chi connectivity index (χ0n) is 14.9. The van der Waals surface area contributed by atoms with Crippen LogP contribution in [0.2, 0.25) is 0 Å². The second-order valence-corrected chi connectivity index (χ2v) is 7.84. The van der Waals surface area contributed by atoms with Gasteiger partial charge in [-0.15, -0.1) is 0 Å². The molecule has 1 N–H and O–H groups in total. The number of para-hydroxylation sites is 1. The normalized spacial score (nSPS) is 19.3. The van der Waals surface area contributed by atoms with Crippen molar-refractivity contribution in [1.82, 2.24) is 14.9 Å². The van der Waals surface area contributed by atoms with Gasteiger partial charge in [0.25, 0.3) is 0 Å². The van der Waals surface area contributed by atoms with Gasteiger partial charge in [0.1, 0.15) is 0 Å². The number of hydrogen-bond acceptors (Lipinski definition) is 4. The Morgan fingerprint density at radius 3 is 2.88 bits per heavy atom. The van der Waals surface area contributed by atoms with Crippen molar-refractivity contribution in [3.05, 3.63) is 41.7 Å². The van der Waals surface area contributed by atoms with Crippen LogP contribution in [0, 0.1) is 0 Å². The lowest BCUT2D eigenvalue weighted by Crippen LogP contribution is -2.32. The Bertz CT molecular complexity index is 754. The van der Waals surface area contributed by atoms with Crippen LogP contribution in [-0.4, -0.2) is 40.5 Å². The predicted octanol–water partition coefficient (Wildman–Crippen LogP) is 3.14. The van der Waals surface area contributed by atoms with Gasteiger partial charge in [-0.25, -0.2) is 4.98 Å². The molecular weight excluding hydrogens is 346 g/mol. The minimum Gasteiger partial charge on any atom is -0.376 e. The molecule has 2 aromatic rings. The van der Waals surface area contributed by atoms with Gasteiger partial charge in [0.2, 0.25) is 5.91 Å². The minimum absolute atomic E-state index is 0.0473. The smallest absolute Gasteiger partial charge is 0.230 e. The number of ether oxygens (including phenoxy) is 1. The van der Waals surface area contributed by atoms with Crippen LogP contribution in [0.15, 0.2) is 35.5 Å². The molecule has 0 bridgehead atoms. The summed E-state index contributed by atoms with van der Waals surface area (Å²) < 4.78 is 7.80. The number of benzene rings is 1. The molecular formula is C20H25N3O2S. The molecule has 5 nitrogen and oxygen atoms in total. The average Bonchev–Trinajstić information content (AvgIpc) is 3.32. The van der Waals surface area contributed by atoms with Crippen molar-refractivity contribution < 1.29 is 9.53 Å². The van der Waals surface area contributed by atoms with Crippen LogP contribution in [0.5, 0.6) is 0 Å². The molecule has 1 aromatic heterocycles. The van der Waals surface area contributed by atoms with Crippen molar-refractivity contribution in [2.45, 2.75) is 49.8 Å². The number of aromatic nitrogens is 2. The van der Waals surface area contributed by atoms with Crippen molar-refractivity contribution in [2.24, 2.45) is 0 Å². The Morgan fingerprint density at radius 2 is 2.08 bits per heavy atom. The molecule has 1 aliphatic carbocycles. The maximum atomic E-state index is 12.2. The van der Waals surface area contributed by atoms with Crippen molar-refractivity contribution >= 4 is 17.7 Å². The largest absolute Gasteiger partial charge is 0.376 e. The van der Waals surface area contributed by atoms with E-state index in [1.807, 2.05) is 18.2 Å². The third-order valence-electron chi connectivity index (χ3n) is 5.00. The van der Waals surface area contributed by atoms with E-state index in [-0.39, 0.29) is 12.0 Å². The van der Waals surface area contributed by atoms with E-state index in [2.05, 4.69) is 22.0 Å². The number of thioether (sulfide) groups is 1. The van der Waals surface area contributed by atoms with E-state index in [9.17, 15) is 4.79 Å². The van der Waals surface area contributed by atoms with Gasteiger partial charge in [-0.3, -0.25) is 9.36 Å². The highest BCUT2D eigenvalue weighted by Gasteiger charge is 2.22. The molecule has 1 aliphatic heterocycles. The van der Waals surface area contributed by atoms with Crippen molar-refractivity contribution in [3.63, 3.8) is 0 Å². The minimum atomic E-state index is 0.0473. The maximum Gasteiger partial charge on any atom is 0.230 e. The van der Waals surface area contributed by atoms with Crippen LogP contribution < -0.4 is 5.32 Å². The molecule has 2 aliphatic rings. The molecule has 0 radical (unpaired) electrons. The van der Waals surface area contributed by atoms with Crippen molar-refractivity contribution in [2.75, 3.05) is 18.9 Å². The highest BCUT2D eigenvalue weighted by Crippen LogP contribution is 2.30. The fourth-order valence-electron chi connectivity index (χ4n) is 3.67. The fraction of sp³-hybridized carbons (Fsp3) is 0.500. The van der Waals surface area contributed by atoms with Crippen LogP contribution >= 0.6 is 11.8 Å². The molecule has 2 heterocycles. The van der Waals surface area contributed by atoms with Crippen molar-refractivity contribution in [3.8, 4) is 5.69 Å². The highest BCUT2D eigenvalue weighted by atomic mass is 32.2. The highest BCUT2D eigenvalue weighted by molar-refractivity contribution is 7.99. The summed E-state index contributed by atoms with van der Waals surface area (Å²) in [6, 6.07) is 10.3. The first-order chi connectivity index (χ1) is 12.8. The van der Waals surface area contributed by atoms with Gasteiger partial charge < -0.3 is 10.1 Å². The Morgan fingerprint density at radius 1 is 1.23 bits per heavy atom. The fourth-order valence-corrected chi connectivity index (χ4v) is 4.55. The number of nitrogens with one attached hydrogen (secondary N) is 1. The summed E-state index contributed by atoms with van der Waals surface area (Å²) in [5.41, 5.74) is 3.64. The summed E-state index contributed by atoms with van der Waals surface area (Å²) in [6.45, 7) is 1.43. The van der Waals surface area contributed by atoms with Crippen LogP contribution in [0.4, 0.5) is 0 Å². The third-order valence-corrected chi connectivity index (χ3v) is 5.94. The molecule has 138 valence electrons. The predicted molar refractivity (Wildman–Crippen MR) is 103 cm³/mol. The zero-order chi connectivity index (χ0) is 17.8. The molecule has 1 amide bonds. The van der Waals surface area contributed by atoms with Gasteiger partial charge in [-0.05, 0) is 50.7 Å². The SMILES string of the molecule is O=C(CSc1nc2c(n1-c1ccccc1)CCCC2)NC[C@H]1CCCO1. The number of fused-ring (bicyclic) bond motifs is 1. The molecule has 6 heteroatoms. The molecule has 1 saturated heterocycles. The second-order valence-electron chi connectivity index (χ2n) is 6.89. The van der Waals surface area contributed by atoms with Gasteiger partial charge in [0.05, 0.1) is 17.6 Å². The summed E-state index contributed by atoms with van der Waals surface area (Å²) in [7, 11) is 0. The van der Waals surface area contributed by atoms with Crippen LogP contribution in [0.25, 0.3) is 5.69 Å². The first kappa shape index (κ1) is 17.6. The standard InChI is InChI=1S/C20H25N3O2S/c24-19(21-13-16-9-6-12-25-16)14-26-20-22-17-10-4-5-11-18(17)23(20)15-7-2-1-3-8-15/h1-3,7-8,16H,4-6,9-14H2,(H,21,24)/t16-/m1/s1.